The molecule has 0 amide bonds. The van der Waals surface area contributed by atoms with E-state index < -0.39 is 24.9 Å². The number of hydrogen-bond acceptors (Lipinski definition) is 8. The summed E-state index contributed by atoms with van der Waals surface area (Å²) >= 11 is 5.03. The van der Waals surface area contributed by atoms with Crippen LogP contribution in [0.1, 0.15) is 13.8 Å². The molecule has 0 aromatic rings. The quantitative estimate of drug-likeness (QED) is 0.372. The minimum atomic E-state index is -3.79. The fraction of sp³-hybridized carbons (Fsp3) is 1.00. The molecule has 2 aliphatic rings. The molecule has 2 heterocycles. The zero-order chi connectivity index (χ0) is 19.5. The number of rotatable bonds is 9. The van der Waals surface area contributed by atoms with Crippen LogP contribution in [0.2, 0.25) is 0 Å². The average Bonchev–Trinajstić information content (AvgIpc) is 3.04. The molecule has 0 N–H and O–H groups in total. The molecule has 143 valence electrons. The fourth-order valence-electron chi connectivity index (χ4n) is 3.42. The van der Waals surface area contributed by atoms with Gasteiger partial charge >= 0.3 is 0 Å². The van der Waals surface area contributed by atoms with Crippen LogP contribution in [0.5, 0.6) is 0 Å². The van der Waals surface area contributed by atoms with Crippen molar-refractivity contribution in [1.82, 2.24) is 0 Å². The lowest BCUT2D eigenvalue weighted by atomic mass is 9.49. The second kappa shape index (κ2) is 9.85. The van der Waals surface area contributed by atoms with Crippen LogP contribution in [0.25, 0.3) is 0 Å². The maximum Gasteiger partial charge on any atom is 0.116 e. The Hall–Kier alpha value is 0.565. The molecule has 2 rings (SSSR count). The molecule has 2 aliphatic heterocycles. The summed E-state index contributed by atoms with van der Waals surface area (Å²) in [5, 5.41) is 0. The molecule has 12 heteroatoms. The van der Waals surface area contributed by atoms with Gasteiger partial charge in [-0.25, -0.2) is 0 Å². The van der Waals surface area contributed by atoms with E-state index in [9.17, 15) is 4.89 Å². The van der Waals surface area contributed by atoms with Crippen LogP contribution in [-0.4, -0.2) is 86.6 Å². The highest BCUT2D eigenvalue weighted by Gasteiger charge is 2.43. The van der Waals surface area contributed by atoms with Crippen molar-refractivity contribution in [2.24, 2.45) is 11.8 Å². The van der Waals surface area contributed by atoms with E-state index in [0.29, 0.717) is 6.61 Å². The van der Waals surface area contributed by atoms with E-state index in [-0.39, 0.29) is 36.7 Å². The van der Waals surface area contributed by atoms with Crippen molar-refractivity contribution in [1.29, 1.82) is 0 Å². The Bertz CT molecular complexity index is 505. The molecule has 2 fully saturated rings. The Balaban J connectivity index is 1.91. The van der Waals surface area contributed by atoms with Gasteiger partial charge in [-0.15, -0.1) is 0 Å². The molecule has 26 heavy (non-hydrogen) atoms. The van der Waals surface area contributed by atoms with Crippen molar-refractivity contribution in [3.8, 4) is 0 Å². The van der Waals surface area contributed by atoms with Crippen LogP contribution >= 0.6 is 6.72 Å². The number of ether oxygens (including phenoxy) is 4. The predicted molar refractivity (Wildman–Crippen MR) is 101 cm³/mol. The first kappa shape index (κ1) is 22.8. The van der Waals surface area contributed by atoms with Gasteiger partial charge in [0.15, 0.2) is 0 Å². The summed E-state index contributed by atoms with van der Waals surface area (Å²) in [7, 11) is 16.1. The Kier molecular flexibility index (Phi) is 8.66. The monoisotopic (exact) mass is 400 g/mol. The van der Waals surface area contributed by atoms with Crippen LogP contribution in [0.4, 0.5) is 0 Å². The van der Waals surface area contributed by atoms with Gasteiger partial charge in [-0.2, -0.15) is 0 Å². The van der Waals surface area contributed by atoms with Crippen molar-refractivity contribution in [2.75, 3.05) is 27.4 Å². The summed E-state index contributed by atoms with van der Waals surface area (Å²) in [5.74, 6) is -0.106. The van der Waals surface area contributed by atoms with Crippen LogP contribution in [0.15, 0.2) is 0 Å². The number of methoxy groups -OCH3 is 2. The van der Waals surface area contributed by atoms with Gasteiger partial charge < -0.3 is 32.9 Å². The maximum atomic E-state index is 12.6. The molecule has 0 spiro atoms. The van der Waals surface area contributed by atoms with Gasteiger partial charge in [0, 0.05) is 45.8 Å². The first-order valence-electron chi connectivity index (χ1n) is 8.51. The SMILES string of the molecule is [B][B][C@@H]1O[C@H](COP([O-])(=S)OC2[C@H]([B])O[C@H](COC)[C@@H]2C)[C@H](OC)C1C. The summed E-state index contributed by atoms with van der Waals surface area (Å²) in [6.45, 7) is 0.363. The molecule has 2 saturated heterocycles. The Morgan fingerprint density at radius 1 is 1.12 bits per heavy atom. The van der Waals surface area contributed by atoms with Crippen LogP contribution in [0.3, 0.4) is 0 Å². The topological polar surface area (TPSA) is 78.4 Å². The Labute approximate surface area is 164 Å². The smallest absolute Gasteiger partial charge is 0.116 e. The summed E-state index contributed by atoms with van der Waals surface area (Å²) < 4.78 is 32.8. The van der Waals surface area contributed by atoms with E-state index in [1.54, 1.807) is 14.2 Å². The normalized spacial score (nSPS) is 42.7. The molecule has 0 bridgehead atoms. The second-order valence-corrected chi connectivity index (χ2v) is 9.36. The lowest BCUT2D eigenvalue weighted by Crippen LogP contribution is -2.34. The molecule has 0 aliphatic carbocycles. The summed E-state index contributed by atoms with van der Waals surface area (Å²) in [5.41, 5.74) is 0. The minimum absolute atomic E-state index is 0.0351. The van der Waals surface area contributed by atoms with E-state index in [0.717, 1.165) is 0 Å². The third-order valence-corrected chi connectivity index (χ3v) is 6.48. The highest BCUT2D eigenvalue weighted by atomic mass is 32.5. The molecular weight excluding hydrogens is 376 g/mol. The van der Waals surface area contributed by atoms with E-state index in [1.807, 2.05) is 13.8 Å². The number of hydrogen-bond donors (Lipinski definition) is 0. The minimum Gasteiger partial charge on any atom is -0.780 e. The van der Waals surface area contributed by atoms with Gasteiger partial charge in [0.1, 0.15) is 20.7 Å². The van der Waals surface area contributed by atoms with Crippen molar-refractivity contribution in [2.45, 2.75) is 50.3 Å². The molecule has 3 unspecified atom stereocenters. The maximum absolute atomic E-state index is 12.6. The zero-order valence-electron chi connectivity index (χ0n) is 15.5. The Morgan fingerprint density at radius 2 is 1.81 bits per heavy atom. The van der Waals surface area contributed by atoms with Gasteiger partial charge in [-0.3, -0.25) is 0 Å². The molecule has 9 atom stereocenters. The first-order valence-corrected chi connectivity index (χ1v) is 11.1. The lowest BCUT2D eigenvalue weighted by molar-refractivity contribution is -0.214. The molecule has 0 aromatic carbocycles. The summed E-state index contributed by atoms with van der Waals surface area (Å²) in [6, 6.07) is -1.03. The van der Waals surface area contributed by atoms with E-state index in [4.69, 9.17) is 55.4 Å². The van der Waals surface area contributed by atoms with Crippen molar-refractivity contribution in [3.63, 3.8) is 0 Å². The highest BCUT2D eigenvalue weighted by Crippen LogP contribution is 2.45. The van der Waals surface area contributed by atoms with E-state index in [1.165, 1.54) is 7.17 Å². The van der Waals surface area contributed by atoms with Crippen LogP contribution < -0.4 is 4.89 Å². The second-order valence-electron chi connectivity index (χ2n) is 6.66. The zero-order valence-corrected chi connectivity index (χ0v) is 17.2. The van der Waals surface area contributed by atoms with Crippen molar-refractivity contribution in [3.05, 3.63) is 0 Å². The van der Waals surface area contributed by atoms with Gasteiger partial charge in [0.05, 0.1) is 38.7 Å². The van der Waals surface area contributed by atoms with Crippen LogP contribution in [-0.2, 0) is 39.8 Å². The first-order chi connectivity index (χ1) is 12.2. The molecular formula is C14H24B3O7PS-. The third-order valence-electron chi connectivity index (χ3n) is 4.94. The van der Waals surface area contributed by atoms with Crippen molar-refractivity contribution < 1.29 is 32.9 Å². The van der Waals surface area contributed by atoms with E-state index in [2.05, 4.69) is 0 Å². The summed E-state index contributed by atoms with van der Waals surface area (Å²) in [6.07, 6.45) is -1.61. The Morgan fingerprint density at radius 3 is 2.38 bits per heavy atom. The average molecular weight is 400 g/mol. The fourth-order valence-corrected chi connectivity index (χ4v) is 4.90. The molecule has 0 aromatic heterocycles. The largest absolute Gasteiger partial charge is 0.780 e. The van der Waals surface area contributed by atoms with E-state index >= 15 is 0 Å². The third kappa shape index (κ3) is 5.34. The van der Waals surface area contributed by atoms with Gasteiger partial charge in [-0.1, -0.05) is 25.7 Å². The lowest BCUT2D eigenvalue weighted by Gasteiger charge is -2.34. The standard InChI is InChI=1S/C14H25B3O7PS/c1-7-9(5-19-3)22-13(15)12(7)24-25(18,26)21-6-10-11(20-4)8(2)14(17-16)23-10/h7-14H,5-6H2,1-4H3,(H,18,26)/p-1/t7-,8?,9+,10+,11+,12?,13+,14+,25?/m0/s1. The van der Waals surface area contributed by atoms with Gasteiger partial charge in [0.2, 0.25) is 0 Å². The summed E-state index contributed by atoms with van der Waals surface area (Å²) in [4.78, 5) is 12.6. The van der Waals surface area contributed by atoms with Gasteiger partial charge in [0.25, 0.3) is 0 Å². The van der Waals surface area contributed by atoms with Crippen LogP contribution in [0, 0.1) is 11.8 Å². The molecule has 0 saturated carbocycles. The van der Waals surface area contributed by atoms with Crippen molar-refractivity contribution >= 4 is 41.3 Å². The molecule has 7 nitrogen and oxygen atoms in total. The molecule has 5 radical (unpaired) electrons. The highest BCUT2D eigenvalue weighted by molar-refractivity contribution is 8.06. The van der Waals surface area contributed by atoms with Gasteiger partial charge in [-0.05, 0) is 0 Å². The predicted octanol–water partition coefficient (Wildman–Crippen LogP) is -0.687.